The van der Waals surface area contributed by atoms with Crippen LogP contribution in [0.2, 0.25) is 0 Å². The monoisotopic (exact) mass is 376 g/mol. The van der Waals surface area contributed by atoms with E-state index in [9.17, 15) is 0 Å². The SMILES string of the molecule is Cc1cc(C)c(-c2cccc(-c3c(C)cc(C)cc3C)c2[Si]Cl)c(C)c1. The van der Waals surface area contributed by atoms with Crippen LogP contribution >= 0.6 is 11.1 Å². The van der Waals surface area contributed by atoms with Crippen LogP contribution in [0.4, 0.5) is 0 Å². The van der Waals surface area contributed by atoms with Crippen molar-refractivity contribution in [2.45, 2.75) is 41.5 Å². The summed E-state index contributed by atoms with van der Waals surface area (Å²) in [5.74, 6) is 0. The van der Waals surface area contributed by atoms with Gasteiger partial charge in [0.25, 0.3) is 0 Å². The topological polar surface area (TPSA) is 0 Å². The highest BCUT2D eigenvalue weighted by molar-refractivity contribution is 7.02. The third-order valence-corrected chi connectivity index (χ3v) is 6.35. The van der Waals surface area contributed by atoms with Crippen molar-refractivity contribution in [3.63, 3.8) is 0 Å². The molecule has 0 amide bonds. The van der Waals surface area contributed by atoms with Gasteiger partial charge < -0.3 is 0 Å². The summed E-state index contributed by atoms with van der Waals surface area (Å²) >= 11 is 6.54. The van der Waals surface area contributed by atoms with Crippen LogP contribution in [0, 0.1) is 41.5 Å². The van der Waals surface area contributed by atoms with Crippen molar-refractivity contribution in [1.82, 2.24) is 0 Å². The Kier molecular flexibility index (Phi) is 5.41. The van der Waals surface area contributed by atoms with E-state index in [2.05, 4.69) is 84.0 Å². The smallest absolute Gasteiger partial charge is 0.165 e. The van der Waals surface area contributed by atoms with E-state index < -0.39 is 0 Å². The predicted molar refractivity (Wildman–Crippen MR) is 117 cm³/mol. The van der Waals surface area contributed by atoms with Gasteiger partial charge in [-0.15, -0.1) is 0 Å². The number of hydrogen-bond donors (Lipinski definition) is 0. The van der Waals surface area contributed by atoms with Crippen LogP contribution in [0.5, 0.6) is 0 Å². The Morgan fingerprint density at radius 3 is 1.27 bits per heavy atom. The van der Waals surface area contributed by atoms with Gasteiger partial charge in [0, 0.05) is 0 Å². The molecule has 0 heterocycles. The van der Waals surface area contributed by atoms with E-state index in [1.165, 1.54) is 60.8 Å². The Bertz CT molecular complexity index is 864. The molecule has 0 fully saturated rings. The lowest BCUT2D eigenvalue weighted by molar-refractivity contribution is 1.31. The molecule has 26 heavy (non-hydrogen) atoms. The van der Waals surface area contributed by atoms with Gasteiger partial charge in [-0.2, -0.15) is 11.1 Å². The average molecular weight is 377 g/mol. The Hall–Kier alpha value is -1.83. The third kappa shape index (κ3) is 3.38. The highest BCUT2D eigenvalue weighted by Crippen LogP contribution is 2.33. The second-order valence-corrected chi connectivity index (χ2v) is 8.63. The molecule has 3 aromatic rings. The third-order valence-electron chi connectivity index (χ3n) is 5.05. The molecule has 0 atom stereocenters. The van der Waals surface area contributed by atoms with Crippen molar-refractivity contribution >= 4 is 25.1 Å². The van der Waals surface area contributed by atoms with E-state index in [-0.39, 0.29) is 8.83 Å². The van der Waals surface area contributed by atoms with Crippen LogP contribution in [-0.4, -0.2) is 8.83 Å². The fraction of sp³-hybridized carbons (Fsp3) is 0.250. The molecule has 3 aromatic carbocycles. The molecule has 132 valence electrons. The van der Waals surface area contributed by atoms with Gasteiger partial charge in [0.15, 0.2) is 0 Å². The molecule has 0 nitrogen and oxygen atoms in total. The maximum Gasteiger partial charge on any atom is 0.211 e. The molecule has 2 heteroatoms. The molecule has 0 aliphatic carbocycles. The molecule has 0 spiro atoms. The lowest BCUT2D eigenvalue weighted by Crippen LogP contribution is -2.17. The second-order valence-electron chi connectivity index (χ2n) is 7.37. The quantitative estimate of drug-likeness (QED) is 0.368. The molecule has 0 bridgehead atoms. The van der Waals surface area contributed by atoms with Gasteiger partial charge in [0.1, 0.15) is 0 Å². The Morgan fingerprint density at radius 1 is 0.615 bits per heavy atom. The van der Waals surface area contributed by atoms with Crippen molar-refractivity contribution < 1.29 is 0 Å². The van der Waals surface area contributed by atoms with E-state index in [0.717, 1.165) is 0 Å². The fourth-order valence-electron chi connectivity index (χ4n) is 4.28. The van der Waals surface area contributed by atoms with Crippen molar-refractivity contribution in [2.24, 2.45) is 0 Å². The molecule has 0 aliphatic heterocycles. The first kappa shape index (κ1) is 18.9. The molecular formula is C24H25ClSi. The Morgan fingerprint density at radius 2 is 0.962 bits per heavy atom. The number of halogens is 1. The van der Waals surface area contributed by atoms with Gasteiger partial charge >= 0.3 is 0 Å². The average Bonchev–Trinajstić information content (AvgIpc) is 2.53. The predicted octanol–water partition coefficient (Wildman–Crippen LogP) is 6.35. The molecule has 0 saturated heterocycles. The number of benzene rings is 3. The van der Waals surface area contributed by atoms with Crippen LogP contribution in [-0.2, 0) is 0 Å². The summed E-state index contributed by atoms with van der Waals surface area (Å²) in [6, 6.07) is 15.7. The van der Waals surface area contributed by atoms with E-state index in [0.29, 0.717) is 0 Å². The van der Waals surface area contributed by atoms with Gasteiger partial charge in [0.05, 0.1) is 0 Å². The van der Waals surface area contributed by atoms with E-state index in [1.54, 1.807) is 0 Å². The summed E-state index contributed by atoms with van der Waals surface area (Å²) in [4.78, 5) is 0. The minimum Gasteiger partial charge on any atom is -0.165 e. The van der Waals surface area contributed by atoms with E-state index >= 15 is 0 Å². The lowest BCUT2D eigenvalue weighted by Gasteiger charge is -2.20. The summed E-state index contributed by atoms with van der Waals surface area (Å²) in [5, 5.41) is 1.25. The number of aryl methyl sites for hydroxylation is 6. The summed E-state index contributed by atoms with van der Waals surface area (Å²) in [7, 11) is 0.231. The zero-order valence-corrected chi connectivity index (χ0v) is 18.2. The first-order valence-electron chi connectivity index (χ1n) is 8.99. The highest BCUT2D eigenvalue weighted by atomic mass is 35.6. The molecule has 2 radical (unpaired) electrons. The molecule has 0 N–H and O–H groups in total. The van der Waals surface area contributed by atoms with E-state index in [1.807, 2.05) is 0 Å². The molecule has 0 aromatic heterocycles. The first-order chi connectivity index (χ1) is 12.3. The Balaban J connectivity index is 2.32. The van der Waals surface area contributed by atoms with Gasteiger partial charge in [0.2, 0.25) is 8.83 Å². The second kappa shape index (κ2) is 7.42. The van der Waals surface area contributed by atoms with Crippen LogP contribution in [0.1, 0.15) is 33.4 Å². The minimum atomic E-state index is 0.231. The van der Waals surface area contributed by atoms with Crippen molar-refractivity contribution in [3.8, 4) is 22.3 Å². The van der Waals surface area contributed by atoms with Crippen molar-refractivity contribution in [3.05, 3.63) is 75.8 Å². The van der Waals surface area contributed by atoms with Crippen LogP contribution < -0.4 is 5.19 Å². The summed E-state index contributed by atoms with van der Waals surface area (Å²) in [6.07, 6.45) is 0. The maximum atomic E-state index is 6.54. The van der Waals surface area contributed by atoms with Gasteiger partial charge in [-0.05, 0) is 91.2 Å². The van der Waals surface area contributed by atoms with Gasteiger partial charge in [-0.1, -0.05) is 53.6 Å². The van der Waals surface area contributed by atoms with Crippen molar-refractivity contribution in [1.29, 1.82) is 0 Å². The molecule has 0 saturated carbocycles. The lowest BCUT2D eigenvalue weighted by atomic mass is 9.89. The minimum absolute atomic E-state index is 0.231. The van der Waals surface area contributed by atoms with Crippen LogP contribution in [0.25, 0.3) is 22.3 Å². The molecule has 3 rings (SSSR count). The largest absolute Gasteiger partial charge is 0.211 e. The number of rotatable bonds is 3. The van der Waals surface area contributed by atoms with E-state index in [4.69, 9.17) is 11.1 Å². The maximum absolute atomic E-state index is 6.54. The molecule has 0 unspecified atom stereocenters. The highest BCUT2D eigenvalue weighted by Gasteiger charge is 2.17. The fourth-order valence-corrected chi connectivity index (χ4v) is 5.51. The zero-order valence-electron chi connectivity index (χ0n) is 16.4. The first-order valence-corrected chi connectivity index (χ1v) is 11.0. The normalized spacial score (nSPS) is 11.0. The summed E-state index contributed by atoms with van der Waals surface area (Å²) < 4.78 is 0. The van der Waals surface area contributed by atoms with Crippen LogP contribution in [0.3, 0.4) is 0 Å². The van der Waals surface area contributed by atoms with Crippen LogP contribution in [0.15, 0.2) is 42.5 Å². The van der Waals surface area contributed by atoms with Crippen molar-refractivity contribution in [2.75, 3.05) is 0 Å². The standard InChI is InChI=1S/C24H25ClSi/c1-14-10-16(3)22(17(4)11-14)20-8-7-9-21(24(20)26-25)23-18(5)12-15(2)13-19(23)6/h7-13H,1-6H3. The molecule has 0 aliphatic rings. The summed E-state index contributed by atoms with van der Waals surface area (Å²) in [6.45, 7) is 13.1. The Labute approximate surface area is 164 Å². The number of hydrogen-bond acceptors (Lipinski definition) is 0. The molecular weight excluding hydrogens is 352 g/mol. The van der Waals surface area contributed by atoms with Gasteiger partial charge in [-0.3, -0.25) is 0 Å². The summed E-state index contributed by atoms with van der Waals surface area (Å²) in [5.41, 5.74) is 13.0. The zero-order chi connectivity index (χ0) is 19.0. The van der Waals surface area contributed by atoms with Gasteiger partial charge in [-0.25, -0.2) is 0 Å².